The maximum Gasteiger partial charge on any atom is 0.416 e. The van der Waals surface area contributed by atoms with Gasteiger partial charge in [-0.3, -0.25) is 9.59 Å². The van der Waals surface area contributed by atoms with E-state index < -0.39 is 29.1 Å². The summed E-state index contributed by atoms with van der Waals surface area (Å²) in [4.78, 5) is 23.8. The lowest BCUT2D eigenvalue weighted by molar-refractivity contribution is -0.138. The molecule has 1 aromatic rings. The Balaban J connectivity index is 2.34. The van der Waals surface area contributed by atoms with Crippen molar-refractivity contribution >= 4 is 11.8 Å². The summed E-state index contributed by atoms with van der Waals surface area (Å²) < 4.78 is 38.4. The van der Waals surface area contributed by atoms with Crippen molar-refractivity contribution in [3.05, 3.63) is 35.4 Å². The van der Waals surface area contributed by atoms with Crippen LogP contribution in [-0.4, -0.2) is 24.9 Å². The summed E-state index contributed by atoms with van der Waals surface area (Å²) in [6, 6.07) is 4.22. The Hall–Kier alpha value is -2.09. The van der Waals surface area contributed by atoms with E-state index in [0.29, 0.717) is 13.1 Å². The number of nitrogens with one attached hydrogen (secondary N) is 2. The van der Waals surface area contributed by atoms with Crippen molar-refractivity contribution in [3.63, 3.8) is 0 Å². The largest absolute Gasteiger partial charge is 0.416 e. The molecule has 1 saturated heterocycles. The highest BCUT2D eigenvalue weighted by Gasteiger charge is 2.39. The smallest absolute Gasteiger partial charge is 0.367 e. The van der Waals surface area contributed by atoms with Gasteiger partial charge in [0.15, 0.2) is 0 Å². The van der Waals surface area contributed by atoms with Gasteiger partial charge in [-0.25, -0.2) is 0 Å². The number of rotatable bonds is 4. The van der Waals surface area contributed by atoms with E-state index in [2.05, 4.69) is 10.6 Å². The lowest BCUT2D eigenvalue weighted by atomic mass is 9.88. The molecular formula is C14H16F3N3O2. The standard InChI is InChI=1S/C14H16F3N3O2/c1-13(12(18)22,20-11(21)8-6-19-7-8)9-3-2-4-10(5-9)14(15,16)17/h2-5,8,19H,6-7H2,1H3,(H2,18,22)(H,20,21). The molecule has 1 aliphatic rings. The molecule has 0 saturated carbocycles. The second kappa shape index (κ2) is 5.60. The van der Waals surface area contributed by atoms with Gasteiger partial charge < -0.3 is 16.4 Å². The summed E-state index contributed by atoms with van der Waals surface area (Å²) >= 11 is 0. The van der Waals surface area contributed by atoms with E-state index in [0.717, 1.165) is 12.1 Å². The Kier molecular flexibility index (Phi) is 4.15. The molecule has 4 N–H and O–H groups in total. The number of hydrogen-bond donors (Lipinski definition) is 3. The molecule has 1 aromatic carbocycles. The fourth-order valence-electron chi connectivity index (χ4n) is 2.11. The van der Waals surface area contributed by atoms with Gasteiger partial charge in [0.05, 0.1) is 11.5 Å². The van der Waals surface area contributed by atoms with Gasteiger partial charge in [-0.1, -0.05) is 12.1 Å². The van der Waals surface area contributed by atoms with E-state index in [1.165, 1.54) is 19.1 Å². The minimum Gasteiger partial charge on any atom is -0.367 e. The number of carbonyl (C=O) groups excluding carboxylic acids is 2. The summed E-state index contributed by atoms with van der Waals surface area (Å²) in [6.45, 7) is 2.22. The molecule has 1 atom stereocenters. The van der Waals surface area contributed by atoms with Crippen LogP contribution in [0, 0.1) is 5.92 Å². The Morgan fingerprint density at radius 2 is 1.86 bits per heavy atom. The lowest BCUT2D eigenvalue weighted by Gasteiger charge is -2.33. The number of halogens is 3. The highest BCUT2D eigenvalue weighted by atomic mass is 19.4. The Morgan fingerprint density at radius 3 is 2.32 bits per heavy atom. The van der Waals surface area contributed by atoms with Crippen molar-refractivity contribution in [2.24, 2.45) is 11.7 Å². The second-order valence-electron chi connectivity index (χ2n) is 5.41. The van der Waals surface area contributed by atoms with Gasteiger partial charge in [0.1, 0.15) is 5.54 Å². The number of nitrogens with two attached hydrogens (primary N) is 1. The minimum atomic E-state index is -4.55. The third-order valence-electron chi connectivity index (χ3n) is 3.79. The van der Waals surface area contributed by atoms with E-state index in [9.17, 15) is 22.8 Å². The zero-order chi connectivity index (χ0) is 16.5. The van der Waals surface area contributed by atoms with E-state index in [1.807, 2.05) is 0 Å². The molecule has 0 aliphatic carbocycles. The van der Waals surface area contributed by atoms with Crippen LogP contribution in [0.15, 0.2) is 24.3 Å². The predicted molar refractivity (Wildman–Crippen MR) is 72.5 cm³/mol. The normalized spacial score (nSPS) is 18.2. The van der Waals surface area contributed by atoms with Crippen molar-refractivity contribution < 1.29 is 22.8 Å². The molecular weight excluding hydrogens is 299 g/mol. The SMILES string of the molecule is CC(NC(=O)C1CNC1)(C(N)=O)c1cccc(C(F)(F)F)c1. The molecule has 22 heavy (non-hydrogen) atoms. The highest BCUT2D eigenvalue weighted by Crippen LogP contribution is 2.32. The number of amides is 2. The fraction of sp³-hybridized carbons (Fsp3) is 0.429. The van der Waals surface area contributed by atoms with Crippen LogP contribution >= 0.6 is 0 Å². The summed E-state index contributed by atoms with van der Waals surface area (Å²) in [5.74, 6) is -1.66. The van der Waals surface area contributed by atoms with Gasteiger partial charge in [0, 0.05) is 13.1 Å². The summed E-state index contributed by atoms with van der Waals surface area (Å²) in [6.07, 6.45) is -4.55. The molecule has 8 heteroatoms. The Bertz CT molecular complexity index is 599. The van der Waals surface area contributed by atoms with Crippen molar-refractivity contribution in [1.82, 2.24) is 10.6 Å². The van der Waals surface area contributed by atoms with E-state index >= 15 is 0 Å². The molecule has 2 rings (SSSR count). The first-order valence-corrected chi connectivity index (χ1v) is 6.65. The Labute approximate surface area is 125 Å². The molecule has 0 bridgehead atoms. The zero-order valence-electron chi connectivity index (χ0n) is 11.8. The first-order chi connectivity index (χ1) is 10.1. The number of alkyl halides is 3. The van der Waals surface area contributed by atoms with Crippen LogP contribution < -0.4 is 16.4 Å². The maximum absolute atomic E-state index is 12.8. The quantitative estimate of drug-likeness (QED) is 0.766. The Morgan fingerprint density at radius 1 is 1.27 bits per heavy atom. The van der Waals surface area contributed by atoms with E-state index in [-0.39, 0.29) is 11.5 Å². The van der Waals surface area contributed by atoms with Crippen LogP contribution in [0.4, 0.5) is 13.2 Å². The molecule has 0 radical (unpaired) electrons. The topological polar surface area (TPSA) is 84.2 Å². The molecule has 1 fully saturated rings. The highest BCUT2D eigenvalue weighted by molar-refractivity contribution is 5.92. The number of benzene rings is 1. The van der Waals surface area contributed by atoms with Crippen LogP contribution in [0.3, 0.4) is 0 Å². The van der Waals surface area contributed by atoms with Gasteiger partial charge in [0.2, 0.25) is 11.8 Å². The fourth-order valence-corrected chi connectivity index (χ4v) is 2.11. The molecule has 1 heterocycles. The van der Waals surface area contributed by atoms with Crippen molar-refractivity contribution in [2.75, 3.05) is 13.1 Å². The maximum atomic E-state index is 12.8. The monoisotopic (exact) mass is 315 g/mol. The van der Waals surface area contributed by atoms with Gasteiger partial charge >= 0.3 is 6.18 Å². The lowest BCUT2D eigenvalue weighted by Crippen LogP contribution is -2.59. The average molecular weight is 315 g/mol. The molecule has 120 valence electrons. The zero-order valence-corrected chi connectivity index (χ0v) is 11.8. The van der Waals surface area contributed by atoms with Crippen molar-refractivity contribution in [2.45, 2.75) is 18.6 Å². The molecule has 1 aliphatic heterocycles. The molecule has 2 amide bonds. The van der Waals surface area contributed by atoms with Crippen LogP contribution in [0.25, 0.3) is 0 Å². The second-order valence-corrected chi connectivity index (χ2v) is 5.41. The first-order valence-electron chi connectivity index (χ1n) is 6.65. The van der Waals surface area contributed by atoms with Crippen molar-refractivity contribution in [3.8, 4) is 0 Å². The number of primary amides is 1. The third-order valence-corrected chi connectivity index (χ3v) is 3.79. The van der Waals surface area contributed by atoms with E-state index in [1.54, 1.807) is 0 Å². The molecule has 0 spiro atoms. The van der Waals surface area contributed by atoms with Crippen molar-refractivity contribution in [1.29, 1.82) is 0 Å². The number of carbonyl (C=O) groups is 2. The molecule has 5 nitrogen and oxygen atoms in total. The van der Waals surface area contributed by atoms with Crippen LogP contribution in [0.2, 0.25) is 0 Å². The summed E-state index contributed by atoms with van der Waals surface area (Å²) in [7, 11) is 0. The average Bonchev–Trinajstić information content (AvgIpc) is 2.35. The van der Waals surface area contributed by atoms with Crippen LogP contribution in [0.5, 0.6) is 0 Å². The minimum absolute atomic E-state index is 0.00421. The predicted octanol–water partition coefficient (Wildman–Crippen LogP) is 0.742. The third kappa shape index (κ3) is 3.06. The van der Waals surface area contributed by atoms with Crippen LogP contribution in [0.1, 0.15) is 18.1 Å². The first kappa shape index (κ1) is 16.3. The van der Waals surface area contributed by atoms with E-state index in [4.69, 9.17) is 5.73 Å². The van der Waals surface area contributed by atoms with Gasteiger partial charge in [-0.2, -0.15) is 13.2 Å². The molecule has 0 aromatic heterocycles. The van der Waals surface area contributed by atoms with Gasteiger partial charge in [-0.05, 0) is 24.6 Å². The number of hydrogen-bond acceptors (Lipinski definition) is 3. The van der Waals surface area contributed by atoms with Gasteiger partial charge in [-0.15, -0.1) is 0 Å². The van der Waals surface area contributed by atoms with Crippen LogP contribution in [-0.2, 0) is 21.3 Å². The van der Waals surface area contributed by atoms with Gasteiger partial charge in [0.25, 0.3) is 0 Å². The summed E-state index contributed by atoms with van der Waals surface area (Å²) in [5.41, 5.74) is 2.71. The summed E-state index contributed by atoms with van der Waals surface area (Å²) in [5, 5.41) is 5.37. The molecule has 1 unspecified atom stereocenters.